The maximum absolute atomic E-state index is 6.32. The van der Waals surface area contributed by atoms with Crippen LogP contribution in [0.3, 0.4) is 0 Å². The number of rotatable bonds is 16. The third-order valence-corrected chi connectivity index (χ3v) is 8.33. The summed E-state index contributed by atoms with van der Waals surface area (Å²) in [5, 5.41) is 0.891. The molecule has 2 heteroatoms. The lowest BCUT2D eigenvalue weighted by Gasteiger charge is -2.32. The first-order valence-electron chi connectivity index (χ1n) is 17.4. The zero-order valence-electron chi connectivity index (χ0n) is 29.4. The van der Waals surface area contributed by atoms with Gasteiger partial charge in [0.15, 0.2) is 0 Å². The van der Waals surface area contributed by atoms with Crippen LogP contribution in [0.4, 0.5) is 0 Å². The highest BCUT2D eigenvalue weighted by molar-refractivity contribution is 6.31. The minimum absolute atomic E-state index is 0.829. The van der Waals surface area contributed by atoms with Crippen LogP contribution in [-0.4, -0.2) is 24.5 Å². The maximum Gasteiger partial charge on any atom is 0.0366 e. The Hall–Kier alpha value is -2.09. The lowest BCUT2D eigenvalue weighted by molar-refractivity contribution is 0.191. The van der Waals surface area contributed by atoms with E-state index in [-0.39, 0.29) is 0 Å². The molecule has 1 aromatic rings. The van der Waals surface area contributed by atoms with Crippen LogP contribution < -0.4 is 0 Å². The zero-order chi connectivity index (χ0) is 32.5. The second-order valence-corrected chi connectivity index (χ2v) is 11.8. The number of benzene rings is 1. The second-order valence-electron chi connectivity index (χ2n) is 11.4. The largest absolute Gasteiger partial charge is 0.299 e. The van der Waals surface area contributed by atoms with Crippen molar-refractivity contribution < 1.29 is 0 Å². The number of hydrogen-bond donors (Lipinski definition) is 0. The topological polar surface area (TPSA) is 3.24 Å². The number of aryl methyl sites for hydroxylation is 2. The molecular weight excluding hydrogens is 542 g/mol. The van der Waals surface area contributed by atoms with Gasteiger partial charge in [-0.25, -0.2) is 0 Å². The molecule has 0 amide bonds. The molecule has 1 saturated heterocycles. The van der Waals surface area contributed by atoms with Gasteiger partial charge in [0, 0.05) is 11.6 Å². The fraction of sp³-hybridized carbons (Fsp3) is 0.561. The molecule has 1 heterocycles. The summed E-state index contributed by atoms with van der Waals surface area (Å²) in [6.45, 7) is 28.8. The van der Waals surface area contributed by atoms with E-state index in [2.05, 4.69) is 83.0 Å². The van der Waals surface area contributed by atoms with Gasteiger partial charge in [-0.05, 0) is 118 Å². The Bertz CT molecular complexity index is 1010. The molecule has 43 heavy (non-hydrogen) atoms. The van der Waals surface area contributed by atoms with Gasteiger partial charge < -0.3 is 0 Å². The molecular formula is C41H66ClN. The lowest BCUT2D eigenvalue weighted by atomic mass is 9.88. The minimum Gasteiger partial charge on any atom is -0.299 e. The smallest absolute Gasteiger partial charge is 0.0366 e. The predicted octanol–water partition coefficient (Wildman–Crippen LogP) is 13.1. The van der Waals surface area contributed by atoms with Crippen LogP contribution in [-0.2, 0) is 12.8 Å². The summed E-state index contributed by atoms with van der Waals surface area (Å²) in [6.07, 6.45) is 25.3. The van der Waals surface area contributed by atoms with Crippen molar-refractivity contribution in [2.75, 3.05) is 19.6 Å². The minimum atomic E-state index is 0.829. The first-order valence-corrected chi connectivity index (χ1v) is 17.7. The molecule has 1 aromatic carbocycles. The second kappa shape index (κ2) is 26.3. The summed E-state index contributed by atoms with van der Waals surface area (Å²) < 4.78 is 0. The summed E-state index contributed by atoms with van der Waals surface area (Å²) in [5.74, 6) is 0.829. The Morgan fingerprint density at radius 2 is 1.67 bits per heavy atom. The Kier molecular flexibility index (Phi) is 25.0. The third kappa shape index (κ3) is 18.3. The van der Waals surface area contributed by atoms with Gasteiger partial charge in [-0.3, -0.25) is 4.90 Å². The van der Waals surface area contributed by atoms with Crippen LogP contribution in [0, 0.1) is 5.92 Å². The molecule has 1 fully saturated rings. The van der Waals surface area contributed by atoms with Crippen LogP contribution in [0.25, 0.3) is 5.57 Å². The number of allylic oxidation sites excluding steroid dienone is 9. The van der Waals surface area contributed by atoms with Crippen molar-refractivity contribution >= 4 is 17.2 Å². The van der Waals surface area contributed by atoms with E-state index in [4.69, 9.17) is 11.6 Å². The molecule has 0 bridgehead atoms. The summed E-state index contributed by atoms with van der Waals surface area (Å²) in [4.78, 5) is 2.61. The molecule has 1 aliphatic heterocycles. The summed E-state index contributed by atoms with van der Waals surface area (Å²) in [6, 6.07) is 7.08. The third-order valence-electron chi connectivity index (χ3n) is 8.07. The Morgan fingerprint density at radius 1 is 0.977 bits per heavy atom. The standard InChI is InChI=1S/C30H46ClN.C9H14.C2H6/c1-6-10-12-28-15-16-29(22-27(28)9-4)24(5)13-14-26-17-19-32(20-18-26)23-25(8-3)21-30(31)11-7-2;1-4-6-7-8-9(3)5-2;1-2/h11,15-16,21-22,26H,5-10,12-14,17-20,23H2,1-4H3;4,6-8H,3,5H2,1-2H3;1-2H3/b25-21+,30-11+;6-4-,8-7-;. The highest BCUT2D eigenvalue weighted by Crippen LogP contribution is 2.29. The van der Waals surface area contributed by atoms with Crippen molar-refractivity contribution in [1.29, 1.82) is 0 Å². The molecule has 0 unspecified atom stereocenters. The van der Waals surface area contributed by atoms with Gasteiger partial charge in [0.1, 0.15) is 0 Å². The number of halogens is 1. The Morgan fingerprint density at radius 3 is 2.23 bits per heavy atom. The fourth-order valence-electron chi connectivity index (χ4n) is 5.16. The summed E-state index contributed by atoms with van der Waals surface area (Å²) in [7, 11) is 0. The van der Waals surface area contributed by atoms with E-state index in [0.29, 0.717) is 0 Å². The molecule has 0 spiro atoms. The lowest BCUT2D eigenvalue weighted by Crippen LogP contribution is -2.35. The van der Waals surface area contributed by atoms with E-state index >= 15 is 0 Å². The van der Waals surface area contributed by atoms with Gasteiger partial charge in [0.05, 0.1) is 0 Å². The van der Waals surface area contributed by atoms with Gasteiger partial charge in [-0.1, -0.05) is 139 Å². The Balaban J connectivity index is 0.00000137. The number of nitrogens with zero attached hydrogens (tertiary/aromatic N) is 1. The van der Waals surface area contributed by atoms with Crippen molar-refractivity contribution in [2.24, 2.45) is 5.92 Å². The van der Waals surface area contributed by atoms with Crippen LogP contribution in [0.2, 0.25) is 0 Å². The number of unbranched alkanes of at least 4 members (excludes halogenated alkanes) is 1. The van der Waals surface area contributed by atoms with Crippen LogP contribution >= 0.6 is 11.6 Å². The maximum atomic E-state index is 6.32. The number of piperidine rings is 1. The van der Waals surface area contributed by atoms with E-state index in [0.717, 1.165) is 49.6 Å². The Labute approximate surface area is 273 Å². The van der Waals surface area contributed by atoms with E-state index in [1.54, 1.807) is 0 Å². The number of hydrogen-bond acceptors (Lipinski definition) is 1. The van der Waals surface area contributed by atoms with E-state index in [1.807, 2.05) is 45.1 Å². The molecule has 0 N–H and O–H groups in total. The van der Waals surface area contributed by atoms with Gasteiger partial charge in [0.25, 0.3) is 0 Å². The first kappa shape index (κ1) is 40.9. The molecule has 1 nitrogen and oxygen atoms in total. The van der Waals surface area contributed by atoms with Crippen molar-refractivity contribution in [3.8, 4) is 0 Å². The van der Waals surface area contributed by atoms with Crippen molar-refractivity contribution in [3.63, 3.8) is 0 Å². The summed E-state index contributed by atoms with van der Waals surface area (Å²) >= 11 is 6.32. The number of likely N-dealkylation sites (tertiary alicyclic amines) is 1. The molecule has 0 atom stereocenters. The highest BCUT2D eigenvalue weighted by atomic mass is 35.5. The van der Waals surface area contributed by atoms with Crippen LogP contribution in [0.15, 0.2) is 84.0 Å². The molecule has 0 radical (unpaired) electrons. The highest BCUT2D eigenvalue weighted by Gasteiger charge is 2.20. The average molecular weight is 608 g/mol. The monoisotopic (exact) mass is 607 g/mol. The predicted molar refractivity (Wildman–Crippen MR) is 199 cm³/mol. The molecule has 2 rings (SSSR count). The zero-order valence-corrected chi connectivity index (χ0v) is 30.2. The molecule has 0 aromatic heterocycles. The van der Waals surface area contributed by atoms with Crippen LogP contribution in [0.5, 0.6) is 0 Å². The van der Waals surface area contributed by atoms with Gasteiger partial charge in [0.2, 0.25) is 0 Å². The van der Waals surface area contributed by atoms with Crippen molar-refractivity contribution in [3.05, 3.63) is 101 Å². The van der Waals surface area contributed by atoms with E-state index in [1.165, 1.54) is 85.0 Å². The molecule has 1 aliphatic rings. The normalized spacial score (nSPS) is 14.8. The SMILES string of the molecule is C=C(/C=C\C=C/C)CC.C=C(CCC1CCN(C/C(=C/C(Cl)=C\CC)CC)CC1)c1ccc(CCCC)c(CC)c1.CC. The molecule has 0 saturated carbocycles. The van der Waals surface area contributed by atoms with Crippen molar-refractivity contribution in [2.45, 2.75) is 126 Å². The van der Waals surface area contributed by atoms with Crippen molar-refractivity contribution in [1.82, 2.24) is 4.90 Å². The van der Waals surface area contributed by atoms with E-state index < -0.39 is 0 Å². The van der Waals surface area contributed by atoms with Gasteiger partial charge in [-0.15, -0.1) is 0 Å². The fourth-order valence-corrected chi connectivity index (χ4v) is 5.47. The molecule has 0 aliphatic carbocycles. The first-order chi connectivity index (χ1) is 20.8. The van der Waals surface area contributed by atoms with E-state index in [9.17, 15) is 0 Å². The van der Waals surface area contributed by atoms with Crippen LogP contribution in [0.1, 0.15) is 130 Å². The quantitative estimate of drug-likeness (QED) is 0.169. The molecule has 242 valence electrons. The van der Waals surface area contributed by atoms with Gasteiger partial charge >= 0.3 is 0 Å². The average Bonchev–Trinajstić information content (AvgIpc) is 3.04. The summed E-state index contributed by atoms with van der Waals surface area (Å²) in [5.41, 5.74) is 8.34. The van der Waals surface area contributed by atoms with Gasteiger partial charge in [-0.2, -0.15) is 0 Å².